The Kier molecular flexibility index (Phi) is 15.1. The second-order valence-corrected chi connectivity index (χ2v) is 6.13. The van der Waals surface area contributed by atoms with Gasteiger partial charge in [-0.1, -0.05) is 64.2 Å². The third-order valence-electron chi connectivity index (χ3n) is 3.13. The van der Waals surface area contributed by atoms with Crippen molar-refractivity contribution < 1.29 is 0 Å². The van der Waals surface area contributed by atoms with Crippen LogP contribution in [-0.2, 0) is 0 Å². The molecule has 0 amide bonds. The molecule has 0 aromatic heterocycles. The van der Waals surface area contributed by atoms with Crippen molar-refractivity contribution in [2.75, 3.05) is 6.54 Å². The zero-order valence-corrected chi connectivity index (χ0v) is 12.6. The summed E-state index contributed by atoms with van der Waals surface area (Å²) in [6.07, 6.45) is 15.6. The quantitative estimate of drug-likeness (QED) is 0.354. The predicted molar refractivity (Wildman–Crippen MR) is 80.0 cm³/mol. The zero-order valence-electron chi connectivity index (χ0n) is 11.1. The van der Waals surface area contributed by atoms with Crippen molar-refractivity contribution in [2.24, 2.45) is 5.73 Å². The minimum absolute atomic E-state index is 0.163. The van der Waals surface area contributed by atoms with Crippen LogP contribution in [0.2, 0.25) is 0 Å². The molecule has 0 saturated carbocycles. The van der Waals surface area contributed by atoms with E-state index in [1.807, 2.05) is 0 Å². The summed E-state index contributed by atoms with van der Waals surface area (Å²) in [7, 11) is 0. The van der Waals surface area contributed by atoms with Gasteiger partial charge in [0.05, 0.1) is 0 Å². The highest BCUT2D eigenvalue weighted by molar-refractivity contribution is 6.44. The van der Waals surface area contributed by atoms with Gasteiger partial charge in [-0.05, 0) is 19.4 Å². The second kappa shape index (κ2) is 14.6. The van der Waals surface area contributed by atoms with Crippen LogP contribution < -0.4 is 5.73 Å². The molecule has 0 radical (unpaired) electrons. The molecule has 3 heteroatoms. The first-order valence-corrected chi connectivity index (χ1v) is 8.13. The molecular weight excluding hydrogens is 253 g/mol. The fourth-order valence-corrected chi connectivity index (χ4v) is 2.34. The fourth-order valence-electron chi connectivity index (χ4n) is 2.03. The van der Waals surface area contributed by atoms with Crippen LogP contribution >= 0.6 is 23.2 Å². The van der Waals surface area contributed by atoms with Gasteiger partial charge in [0.2, 0.25) is 0 Å². The van der Waals surface area contributed by atoms with Gasteiger partial charge in [-0.15, -0.1) is 23.2 Å². The van der Waals surface area contributed by atoms with Gasteiger partial charge in [0, 0.05) is 0 Å². The molecule has 0 fully saturated rings. The van der Waals surface area contributed by atoms with Crippen LogP contribution in [-0.4, -0.2) is 11.4 Å². The largest absolute Gasteiger partial charge is 0.330 e. The lowest BCUT2D eigenvalue weighted by Gasteiger charge is -2.03. The molecule has 0 aliphatic rings. The van der Waals surface area contributed by atoms with Gasteiger partial charge < -0.3 is 5.73 Å². The zero-order chi connectivity index (χ0) is 12.8. The number of rotatable bonds is 13. The van der Waals surface area contributed by atoms with E-state index in [9.17, 15) is 0 Å². The summed E-state index contributed by atoms with van der Waals surface area (Å²) in [5.74, 6) is 0. The fraction of sp³-hybridized carbons (Fsp3) is 1.00. The van der Waals surface area contributed by atoms with Crippen molar-refractivity contribution in [3.8, 4) is 0 Å². The van der Waals surface area contributed by atoms with Crippen LogP contribution in [0.5, 0.6) is 0 Å². The highest BCUT2D eigenvalue weighted by atomic mass is 35.5. The molecule has 2 N–H and O–H groups in total. The van der Waals surface area contributed by atoms with Gasteiger partial charge in [-0.25, -0.2) is 0 Å². The summed E-state index contributed by atoms with van der Waals surface area (Å²) in [6, 6.07) is 0. The molecule has 0 heterocycles. The maximum absolute atomic E-state index is 5.67. The molecule has 0 unspecified atom stereocenters. The topological polar surface area (TPSA) is 26.0 Å². The van der Waals surface area contributed by atoms with E-state index in [4.69, 9.17) is 28.9 Å². The minimum atomic E-state index is -0.163. The predicted octanol–water partition coefficient (Wildman–Crippen LogP) is 5.43. The van der Waals surface area contributed by atoms with Gasteiger partial charge in [0.25, 0.3) is 0 Å². The van der Waals surface area contributed by atoms with Gasteiger partial charge in [0.1, 0.15) is 4.84 Å². The lowest BCUT2D eigenvalue weighted by atomic mass is 10.1. The van der Waals surface area contributed by atoms with E-state index < -0.39 is 0 Å². The van der Waals surface area contributed by atoms with Crippen molar-refractivity contribution in [3.05, 3.63) is 0 Å². The molecule has 17 heavy (non-hydrogen) atoms. The third-order valence-corrected chi connectivity index (χ3v) is 3.56. The molecule has 0 spiro atoms. The summed E-state index contributed by atoms with van der Waals surface area (Å²) in [5.41, 5.74) is 5.45. The van der Waals surface area contributed by atoms with Crippen molar-refractivity contribution >= 4 is 23.2 Å². The van der Waals surface area contributed by atoms with Crippen LogP contribution in [0, 0.1) is 0 Å². The van der Waals surface area contributed by atoms with Crippen molar-refractivity contribution in [2.45, 2.75) is 81.9 Å². The molecule has 0 bridgehead atoms. The maximum atomic E-state index is 5.67. The van der Waals surface area contributed by atoms with E-state index in [2.05, 4.69) is 0 Å². The molecule has 0 aliphatic carbocycles. The summed E-state index contributed by atoms with van der Waals surface area (Å²) in [6.45, 7) is 0.853. The molecule has 0 aromatic carbocycles. The number of hydrogen-bond donors (Lipinski definition) is 1. The summed E-state index contributed by atoms with van der Waals surface area (Å²) < 4.78 is 0. The summed E-state index contributed by atoms with van der Waals surface area (Å²) in [4.78, 5) is -0.163. The van der Waals surface area contributed by atoms with Crippen molar-refractivity contribution in [1.29, 1.82) is 0 Å². The van der Waals surface area contributed by atoms with Crippen LogP contribution in [0.4, 0.5) is 0 Å². The standard InChI is InChI=1S/C14H29Cl2N/c15-14(16)12-10-8-6-4-2-1-3-5-7-9-11-13-17/h14H,1-13,17H2. The highest BCUT2D eigenvalue weighted by Crippen LogP contribution is 2.15. The molecule has 0 saturated heterocycles. The average Bonchev–Trinajstić information content (AvgIpc) is 2.30. The molecule has 0 rings (SSSR count). The van der Waals surface area contributed by atoms with Gasteiger partial charge in [-0.2, -0.15) is 0 Å². The maximum Gasteiger partial charge on any atom is 0.107 e. The summed E-state index contributed by atoms with van der Waals surface area (Å²) in [5, 5.41) is 0. The van der Waals surface area contributed by atoms with E-state index in [0.29, 0.717) is 0 Å². The Bertz CT molecular complexity index is 140. The molecule has 0 aliphatic heterocycles. The number of hydrogen-bond acceptors (Lipinski definition) is 1. The second-order valence-electron chi connectivity index (χ2n) is 4.86. The van der Waals surface area contributed by atoms with Gasteiger partial charge >= 0.3 is 0 Å². The van der Waals surface area contributed by atoms with E-state index in [1.165, 1.54) is 70.6 Å². The van der Waals surface area contributed by atoms with Crippen LogP contribution in [0.25, 0.3) is 0 Å². The van der Waals surface area contributed by atoms with E-state index in [-0.39, 0.29) is 4.84 Å². The minimum Gasteiger partial charge on any atom is -0.330 e. The Morgan fingerprint density at radius 2 is 0.941 bits per heavy atom. The number of unbranched alkanes of at least 4 members (excludes halogenated alkanes) is 10. The molecule has 104 valence electrons. The smallest absolute Gasteiger partial charge is 0.107 e. The lowest BCUT2D eigenvalue weighted by molar-refractivity contribution is 0.544. The molecule has 0 atom stereocenters. The Morgan fingerprint density at radius 3 is 1.29 bits per heavy atom. The van der Waals surface area contributed by atoms with Crippen LogP contribution in [0.3, 0.4) is 0 Å². The van der Waals surface area contributed by atoms with Crippen LogP contribution in [0.1, 0.15) is 77.0 Å². The van der Waals surface area contributed by atoms with Crippen molar-refractivity contribution in [3.63, 3.8) is 0 Å². The Balaban J connectivity index is 2.89. The summed E-state index contributed by atoms with van der Waals surface area (Å²) >= 11 is 11.3. The Morgan fingerprint density at radius 1 is 0.588 bits per heavy atom. The average molecular weight is 282 g/mol. The van der Waals surface area contributed by atoms with Crippen LogP contribution in [0.15, 0.2) is 0 Å². The SMILES string of the molecule is NCCCCCCCCCCCCCC(Cl)Cl. The molecular formula is C14H29Cl2N. The number of halogens is 2. The number of nitrogens with two attached hydrogens (primary N) is 1. The first kappa shape index (κ1) is 17.5. The van der Waals surface area contributed by atoms with E-state index in [1.54, 1.807) is 0 Å². The monoisotopic (exact) mass is 281 g/mol. The lowest BCUT2D eigenvalue weighted by Crippen LogP contribution is -1.97. The van der Waals surface area contributed by atoms with E-state index in [0.717, 1.165) is 13.0 Å². The van der Waals surface area contributed by atoms with Crippen molar-refractivity contribution in [1.82, 2.24) is 0 Å². The molecule has 1 nitrogen and oxygen atoms in total. The molecule has 0 aromatic rings. The Labute approximate surface area is 117 Å². The first-order valence-electron chi connectivity index (χ1n) is 7.25. The highest BCUT2D eigenvalue weighted by Gasteiger charge is 1.98. The van der Waals surface area contributed by atoms with Gasteiger partial charge in [0.15, 0.2) is 0 Å². The number of alkyl halides is 2. The Hall–Kier alpha value is 0.540. The van der Waals surface area contributed by atoms with E-state index >= 15 is 0 Å². The first-order chi connectivity index (χ1) is 8.27. The third kappa shape index (κ3) is 16.5. The van der Waals surface area contributed by atoms with Gasteiger partial charge in [-0.3, -0.25) is 0 Å². The normalized spacial score (nSPS) is 11.3.